The van der Waals surface area contributed by atoms with Crippen molar-refractivity contribution in [3.05, 3.63) is 0 Å². The van der Waals surface area contributed by atoms with Gasteiger partial charge in [-0.3, -0.25) is 11.7 Å². The van der Waals surface area contributed by atoms with Crippen LogP contribution in [0.15, 0.2) is 0 Å². The highest BCUT2D eigenvalue weighted by atomic mass is 15.6. The van der Waals surface area contributed by atoms with Crippen LogP contribution in [0.4, 0.5) is 0 Å². The summed E-state index contributed by atoms with van der Waals surface area (Å²) in [7, 11) is 0. The van der Waals surface area contributed by atoms with Crippen LogP contribution in [0.2, 0.25) is 0 Å². The monoisotopic (exact) mass is 117 g/mol. The predicted molar refractivity (Wildman–Crippen MR) is 34.6 cm³/mol. The van der Waals surface area contributed by atoms with Gasteiger partial charge >= 0.3 is 0 Å². The molecule has 0 aliphatic rings. The maximum absolute atomic E-state index is 5.14. The minimum atomic E-state index is 0.799. The third-order valence-electron chi connectivity index (χ3n) is 1.02. The van der Waals surface area contributed by atoms with E-state index in [0.717, 1.165) is 13.0 Å². The SMILES string of the molecule is CCCCCN(N)N. The zero-order valence-electron chi connectivity index (χ0n) is 5.43. The highest BCUT2D eigenvalue weighted by Gasteiger charge is 1.87. The van der Waals surface area contributed by atoms with Gasteiger partial charge in [0, 0.05) is 6.54 Å². The van der Waals surface area contributed by atoms with Gasteiger partial charge in [-0.15, -0.1) is 0 Å². The Labute approximate surface area is 50.6 Å². The third-order valence-corrected chi connectivity index (χ3v) is 1.02. The van der Waals surface area contributed by atoms with Gasteiger partial charge in [0.1, 0.15) is 0 Å². The summed E-state index contributed by atoms with van der Waals surface area (Å²) in [5, 5.41) is 1.23. The van der Waals surface area contributed by atoms with E-state index >= 15 is 0 Å². The first-order valence-corrected chi connectivity index (χ1v) is 3.04. The standard InChI is InChI=1S/C5H15N3/c1-2-3-4-5-8(6)7/h2-7H2,1H3. The number of unbranched alkanes of at least 4 members (excludes halogenated alkanes) is 2. The molecule has 3 heteroatoms. The van der Waals surface area contributed by atoms with Gasteiger partial charge in [-0.1, -0.05) is 19.8 Å². The Morgan fingerprint density at radius 1 is 1.25 bits per heavy atom. The van der Waals surface area contributed by atoms with Crippen molar-refractivity contribution >= 4 is 0 Å². The summed E-state index contributed by atoms with van der Waals surface area (Å²) in [4.78, 5) is 0. The van der Waals surface area contributed by atoms with Gasteiger partial charge in [0.15, 0.2) is 0 Å². The molecule has 0 aliphatic carbocycles. The Balaban J connectivity index is 2.72. The molecule has 0 saturated carbocycles. The summed E-state index contributed by atoms with van der Waals surface area (Å²) in [5.74, 6) is 10.3. The van der Waals surface area contributed by atoms with E-state index in [1.165, 1.54) is 18.0 Å². The second-order valence-electron chi connectivity index (χ2n) is 1.94. The molecule has 0 heterocycles. The maximum atomic E-state index is 5.14. The van der Waals surface area contributed by atoms with Crippen LogP contribution in [0.25, 0.3) is 0 Å². The molecular formula is C5H15N3. The molecule has 50 valence electrons. The van der Waals surface area contributed by atoms with E-state index in [2.05, 4.69) is 6.92 Å². The van der Waals surface area contributed by atoms with Crippen LogP contribution in [0.5, 0.6) is 0 Å². The second kappa shape index (κ2) is 5.03. The molecule has 0 atom stereocenters. The summed E-state index contributed by atoms with van der Waals surface area (Å²) >= 11 is 0. The number of hydrogen-bond acceptors (Lipinski definition) is 3. The number of hydrogen-bond donors (Lipinski definition) is 2. The van der Waals surface area contributed by atoms with Gasteiger partial charge in [0.2, 0.25) is 0 Å². The molecule has 0 aromatic heterocycles. The molecular weight excluding hydrogens is 102 g/mol. The number of nitrogens with two attached hydrogens (primary N) is 2. The lowest BCUT2D eigenvalue weighted by Crippen LogP contribution is -2.38. The van der Waals surface area contributed by atoms with E-state index in [9.17, 15) is 0 Å². The lowest BCUT2D eigenvalue weighted by molar-refractivity contribution is 0.287. The molecule has 0 amide bonds. The largest absolute Gasteiger partial charge is 0.255 e. The molecule has 0 aliphatic heterocycles. The number of rotatable bonds is 4. The van der Waals surface area contributed by atoms with Gasteiger partial charge in [-0.25, -0.2) is 0 Å². The van der Waals surface area contributed by atoms with E-state index in [0.29, 0.717) is 0 Å². The van der Waals surface area contributed by atoms with Crippen molar-refractivity contribution in [2.45, 2.75) is 26.2 Å². The van der Waals surface area contributed by atoms with E-state index in [1.807, 2.05) is 0 Å². The van der Waals surface area contributed by atoms with Crippen molar-refractivity contribution in [1.29, 1.82) is 0 Å². The van der Waals surface area contributed by atoms with Crippen LogP contribution < -0.4 is 11.7 Å². The van der Waals surface area contributed by atoms with Crippen molar-refractivity contribution in [2.75, 3.05) is 6.54 Å². The molecule has 0 rings (SSSR count). The van der Waals surface area contributed by atoms with Crippen LogP contribution >= 0.6 is 0 Å². The van der Waals surface area contributed by atoms with Crippen LogP contribution in [0.3, 0.4) is 0 Å². The molecule has 8 heavy (non-hydrogen) atoms. The van der Waals surface area contributed by atoms with Crippen molar-refractivity contribution in [3.63, 3.8) is 0 Å². The quantitative estimate of drug-likeness (QED) is 0.315. The predicted octanol–water partition coefficient (Wildman–Crippen LogP) is 0.226. The Morgan fingerprint density at radius 3 is 2.25 bits per heavy atom. The van der Waals surface area contributed by atoms with Gasteiger partial charge in [-0.2, -0.15) is 5.12 Å². The first-order valence-electron chi connectivity index (χ1n) is 3.04. The Bertz CT molecular complexity index is 44.9. The van der Waals surface area contributed by atoms with E-state index < -0.39 is 0 Å². The highest BCUT2D eigenvalue weighted by Crippen LogP contribution is 1.91. The van der Waals surface area contributed by atoms with Crippen LogP contribution in [-0.4, -0.2) is 11.7 Å². The second-order valence-corrected chi connectivity index (χ2v) is 1.94. The fourth-order valence-corrected chi connectivity index (χ4v) is 0.544. The van der Waals surface area contributed by atoms with E-state index in [4.69, 9.17) is 11.7 Å². The Kier molecular flexibility index (Phi) is 4.95. The first-order chi connectivity index (χ1) is 3.77. The van der Waals surface area contributed by atoms with Crippen LogP contribution in [-0.2, 0) is 0 Å². The summed E-state index contributed by atoms with van der Waals surface area (Å²) in [6.07, 6.45) is 3.53. The topological polar surface area (TPSA) is 55.3 Å². The Morgan fingerprint density at radius 2 is 1.88 bits per heavy atom. The molecule has 3 nitrogen and oxygen atoms in total. The fourth-order valence-electron chi connectivity index (χ4n) is 0.544. The molecule has 0 unspecified atom stereocenters. The smallest absolute Gasteiger partial charge is 0.0283 e. The summed E-state index contributed by atoms with van der Waals surface area (Å²) in [5.41, 5.74) is 0. The first kappa shape index (κ1) is 7.88. The number of nitrogens with zero attached hydrogens (tertiary/aromatic N) is 1. The van der Waals surface area contributed by atoms with Crippen molar-refractivity contribution < 1.29 is 0 Å². The minimum Gasteiger partial charge on any atom is -0.255 e. The number of hydrazine groups is 2. The van der Waals surface area contributed by atoms with Crippen LogP contribution in [0.1, 0.15) is 26.2 Å². The fraction of sp³-hybridized carbons (Fsp3) is 1.00. The van der Waals surface area contributed by atoms with Crippen molar-refractivity contribution in [2.24, 2.45) is 11.7 Å². The lowest BCUT2D eigenvalue weighted by Gasteiger charge is -2.06. The van der Waals surface area contributed by atoms with Gasteiger partial charge < -0.3 is 0 Å². The van der Waals surface area contributed by atoms with E-state index in [-0.39, 0.29) is 0 Å². The van der Waals surface area contributed by atoms with Crippen molar-refractivity contribution in [1.82, 2.24) is 5.12 Å². The molecule has 0 aromatic carbocycles. The lowest BCUT2D eigenvalue weighted by atomic mass is 10.2. The summed E-state index contributed by atoms with van der Waals surface area (Å²) < 4.78 is 0. The van der Waals surface area contributed by atoms with Crippen molar-refractivity contribution in [3.8, 4) is 0 Å². The third kappa shape index (κ3) is 5.88. The van der Waals surface area contributed by atoms with E-state index in [1.54, 1.807) is 0 Å². The molecule has 0 saturated heterocycles. The average Bonchev–Trinajstić information content (AvgIpc) is 1.66. The average molecular weight is 117 g/mol. The molecule has 0 aromatic rings. The highest BCUT2D eigenvalue weighted by molar-refractivity contribution is 4.39. The maximum Gasteiger partial charge on any atom is 0.0283 e. The Hall–Kier alpha value is -0.120. The summed E-state index contributed by atoms with van der Waals surface area (Å²) in [6.45, 7) is 2.95. The zero-order chi connectivity index (χ0) is 6.41. The molecule has 0 spiro atoms. The minimum absolute atomic E-state index is 0.799. The van der Waals surface area contributed by atoms with Gasteiger partial charge in [0.05, 0.1) is 0 Å². The van der Waals surface area contributed by atoms with Gasteiger partial charge in [-0.05, 0) is 6.42 Å². The summed E-state index contributed by atoms with van der Waals surface area (Å²) in [6, 6.07) is 0. The zero-order valence-corrected chi connectivity index (χ0v) is 5.43. The normalized spacial score (nSPS) is 10.5. The molecule has 4 N–H and O–H groups in total. The molecule has 0 bridgehead atoms. The van der Waals surface area contributed by atoms with Crippen LogP contribution in [0, 0.1) is 0 Å². The van der Waals surface area contributed by atoms with Gasteiger partial charge in [0.25, 0.3) is 0 Å². The molecule has 0 radical (unpaired) electrons. The molecule has 0 fully saturated rings.